The molecular formula is C18H23ClN4O3. The van der Waals surface area contributed by atoms with Gasteiger partial charge in [0.2, 0.25) is 11.8 Å². The molecule has 1 spiro atoms. The third kappa shape index (κ3) is 3.93. The van der Waals surface area contributed by atoms with Crippen molar-refractivity contribution in [3.63, 3.8) is 0 Å². The van der Waals surface area contributed by atoms with Crippen molar-refractivity contribution >= 4 is 35.1 Å². The van der Waals surface area contributed by atoms with Gasteiger partial charge in [0.1, 0.15) is 0 Å². The number of carbonyl (C=O) groups is 3. The summed E-state index contributed by atoms with van der Waals surface area (Å²) in [4.78, 5) is 42.0. The van der Waals surface area contributed by atoms with Crippen molar-refractivity contribution in [3.8, 4) is 0 Å². The molecule has 7 nitrogen and oxygen atoms in total. The van der Waals surface area contributed by atoms with E-state index < -0.39 is 5.41 Å². The SMILES string of the molecule is CC(=O)N1CCN(C(=O)Nc2ccc(Cl)cc2)C[C@@]2(CC(=O)N(C)C2)C1. The summed E-state index contributed by atoms with van der Waals surface area (Å²) in [6, 6.07) is 6.66. The molecule has 2 heterocycles. The Morgan fingerprint density at radius 3 is 2.27 bits per heavy atom. The van der Waals surface area contributed by atoms with Crippen LogP contribution < -0.4 is 5.32 Å². The van der Waals surface area contributed by atoms with E-state index in [1.165, 1.54) is 6.92 Å². The standard InChI is InChI=1S/C18H23ClN4O3/c1-13(24)22-7-8-23(12-18(11-22)9-16(25)21(2)10-18)17(26)20-15-5-3-14(19)4-6-15/h3-6H,7-12H2,1-2H3,(H,20,26)/t18-/m1/s1. The van der Waals surface area contributed by atoms with Gasteiger partial charge < -0.3 is 20.0 Å². The fraction of sp³-hybridized carbons (Fsp3) is 0.500. The molecule has 1 aromatic rings. The van der Waals surface area contributed by atoms with Gasteiger partial charge in [-0.05, 0) is 24.3 Å². The van der Waals surface area contributed by atoms with E-state index in [9.17, 15) is 14.4 Å². The van der Waals surface area contributed by atoms with Crippen molar-refractivity contribution in [1.29, 1.82) is 0 Å². The molecule has 1 aromatic carbocycles. The number of anilines is 1. The number of hydrogen-bond acceptors (Lipinski definition) is 3. The Balaban J connectivity index is 1.78. The molecule has 0 bridgehead atoms. The lowest BCUT2D eigenvalue weighted by atomic mass is 9.86. The Kier molecular flexibility index (Phi) is 5.09. The molecule has 2 aliphatic heterocycles. The summed E-state index contributed by atoms with van der Waals surface area (Å²) in [7, 11) is 1.76. The Morgan fingerprint density at radius 1 is 1.08 bits per heavy atom. The molecule has 140 valence electrons. The lowest BCUT2D eigenvalue weighted by Gasteiger charge is -2.33. The van der Waals surface area contributed by atoms with Crippen molar-refractivity contribution in [2.24, 2.45) is 5.41 Å². The monoisotopic (exact) mass is 378 g/mol. The summed E-state index contributed by atoms with van der Waals surface area (Å²) in [6.07, 6.45) is 0.345. The third-order valence-corrected chi connectivity index (χ3v) is 5.30. The highest BCUT2D eigenvalue weighted by Crippen LogP contribution is 2.34. The first-order valence-corrected chi connectivity index (χ1v) is 8.97. The summed E-state index contributed by atoms with van der Waals surface area (Å²) in [5.74, 6) is 0.0137. The van der Waals surface area contributed by atoms with Gasteiger partial charge in [0.15, 0.2) is 0 Å². The zero-order valence-electron chi connectivity index (χ0n) is 15.0. The number of likely N-dealkylation sites (tertiary alicyclic amines) is 1. The maximum absolute atomic E-state index is 12.8. The maximum Gasteiger partial charge on any atom is 0.321 e. The maximum atomic E-state index is 12.8. The smallest absolute Gasteiger partial charge is 0.321 e. The molecule has 2 fully saturated rings. The first-order chi connectivity index (χ1) is 12.3. The molecule has 26 heavy (non-hydrogen) atoms. The molecule has 8 heteroatoms. The number of nitrogens with zero attached hydrogens (tertiary/aromatic N) is 3. The largest absolute Gasteiger partial charge is 0.345 e. The quantitative estimate of drug-likeness (QED) is 0.811. The fourth-order valence-electron chi connectivity index (χ4n) is 3.75. The van der Waals surface area contributed by atoms with E-state index in [2.05, 4.69) is 5.32 Å². The highest BCUT2D eigenvalue weighted by Gasteiger charge is 2.46. The summed E-state index contributed by atoms with van der Waals surface area (Å²) >= 11 is 5.88. The summed E-state index contributed by atoms with van der Waals surface area (Å²) < 4.78 is 0. The Hall–Kier alpha value is -2.28. The second kappa shape index (κ2) is 7.15. The van der Waals surface area contributed by atoms with E-state index in [1.54, 1.807) is 46.0 Å². The second-order valence-electron chi connectivity index (χ2n) is 7.23. The van der Waals surface area contributed by atoms with Crippen molar-refractivity contribution in [1.82, 2.24) is 14.7 Å². The predicted octanol–water partition coefficient (Wildman–Crippen LogP) is 1.88. The number of urea groups is 1. The fourth-order valence-corrected chi connectivity index (χ4v) is 3.88. The molecule has 4 amide bonds. The molecule has 1 atom stereocenters. The third-order valence-electron chi connectivity index (χ3n) is 5.04. The first kappa shape index (κ1) is 18.5. The minimum Gasteiger partial charge on any atom is -0.345 e. The molecule has 3 rings (SSSR count). The van der Waals surface area contributed by atoms with Crippen LogP contribution in [-0.2, 0) is 9.59 Å². The van der Waals surface area contributed by atoms with Gasteiger partial charge >= 0.3 is 6.03 Å². The lowest BCUT2D eigenvalue weighted by Crippen LogP contribution is -2.45. The molecule has 0 aromatic heterocycles. The van der Waals surface area contributed by atoms with E-state index in [-0.39, 0.29) is 17.8 Å². The van der Waals surface area contributed by atoms with Crippen LogP contribution in [0.15, 0.2) is 24.3 Å². The molecular weight excluding hydrogens is 356 g/mol. The van der Waals surface area contributed by atoms with Crippen LogP contribution in [0.25, 0.3) is 0 Å². The van der Waals surface area contributed by atoms with Crippen LogP contribution in [0.1, 0.15) is 13.3 Å². The van der Waals surface area contributed by atoms with Gasteiger partial charge in [-0.15, -0.1) is 0 Å². The summed E-state index contributed by atoms with van der Waals surface area (Å²) in [5, 5.41) is 3.46. The van der Waals surface area contributed by atoms with Gasteiger partial charge in [-0.1, -0.05) is 11.6 Å². The van der Waals surface area contributed by atoms with E-state index in [0.717, 1.165) is 0 Å². The van der Waals surface area contributed by atoms with Gasteiger partial charge in [-0.3, -0.25) is 9.59 Å². The number of hydrogen-bond donors (Lipinski definition) is 1. The zero-order valence-corrected chi connectivity index (χ0v) is 15.8. The number of nitrogens with one attached hydrogen (secondary N) is 1. The predicted molar refractivity (Wildman–Crippen MR) is 99.0 cm³/mol. The summed E-state index contributed by atoms with van der Waals surface area (Å²) in [6.45, 7) is 3.88. The van der Waals surface area contributed by atoms with Crippen molar-refractivity contribution in [3.05, 3.63) is 29.3 Å². The van der Waals surface area contributed by atoms with Crippen LogP contribution in [-0.4, -0.2) is 72.3 Å². The number of amides is 4. The molecule has 0 unspecified atom stereocenters. The molecule has 0 radical (unpaired) electrons. The highest BCUT2D eigenvalue weighted by molar-refractivity contribution is 6.30. The molecule has 1 N–H and O–H groups in total. The van der Waals surface area contributed by atoms with Crippen LogP contribution in [0, 0.1) is 5.41 Å². The van der Waals surface area contributed by atoms with Crippen molar-refractivity contribution in [2.45, 2.75) is 13.3 Å². The van der Waals surface area contributed by atoms with Crippen molar-refractivity contribution < 1.29 is 14.4 Å². The first-order valence-electron chi connectivity index (χ1n) is 8.59. The minimum absolute atomic E-state index is 0.0358. The Labute approximate surface area is 157 Å². The summed E-state index contributed by atoms with van der Waals surface area (Å²) in [5.41, 5.74) is 0.228. The average Bonchev–Trinajstić information content (AvgIpc) is 2.75. The number of benzene rings is 1. The van der Waals surface area contributed by atoms with E-state index in [1.807, 2.05) is 0 Å². The van der Waals surface area contributed by atoms with Crippen LogP contribution in [0.2, 0.25) is 5.02 Å². The van der Waals surface area contributed by atoms with E-state index in [0.29, 0.717) is 49.9 Å². The van der Waals surface area contributed by atoms with Gasteiger partial charge in [0, 0.05) is 69.2 Å². The van der Waals surface area contributed by atoms with Gasteiger partial charge in [-0.25, -0.2) is 4.79 Å². The topological polar surface area (TPSA) is 73.0 Å². The van der Waals surface area contributed by atoms with Crippen LogP contribution >= 0.6 is 11.6 Å². The zero-order chi connectivity index (χ0) is 18.9. The van der Waals surface area contributed by atoms with E-state index >= 15 is 0 Å². The van der Waals surface area contributed by atoms with E-state index in [4.69, 9.17) is 11.6 Å². The Bertz CT molecular complexity index is 724. The highest BCUT2D eigenvalue weighted by atomic mass is 35.5. The normalized spacial score (nSPS) is 23.3. The Morgan fingerprint density at radius 2 is 1.69 bits per heavy atom. The van der Waals surface area contributed by atoms with Gasteiger partial charge in [0.25, 0.3) is 0 Å². The van der Waals surface area contributed by atoms with Crippen LogP contribution in [0.5, 0.6) is 0 Å². The van der Waals surface area contributed by atoms with Gasteiger partial charge in [0.05, 0.1) is 0 Å². The number of carbonyl (C=O) groups excluding carboxylic acids is 3. The van der Waals surface area contributed by atoms with Gasteiger partial charge in [-0.2, -0.15) is 0 Å². The van der Waals surface area contributed by atoms with Crippen molar-refractivity contribution in [2.75, 3.05) is 45.1 Å². The lowest BCUT2D eigenvalue weighted by molar-refractivity contribution is -0.130. The second-order valence-corrected chi connectivity index (χ2v) is 7.66. The molecule has 2 aliphatic rings. The number of rotatable bonds is 1. The minimum atomic E-state index is -0.425. The molecule has 0 aliphatic carbocycles. The number of halogens is 1. The average molecular weight is 379 g/mol. The van der Waals surface area contributed by atoms with Crippen LogP contribution in [0.3, 0.4) is 0 Å². The molecule has 0 saturated carbocycles. The molecule has 2 saturated heterocycles. The van der Waals surface area contributed by atoms with Crippen LogP contribution in [0.4, 0.5) is 10.5 Å².